The summed E-state index contributed by atoms with van der Waals surface area (Å²) in [6, 6.07) is 0. The van der Waals surface area contributed by atoms with Crippen molar-refractivity contribution in [2.75, 3.05) is 12.4 Å². The molecule has 0 unspecified atom stereocenters. The largest absolute Gasteiger partial charge is 0.273 e. The van der Waals surface area contributed by atoms with Crippen LogP contribution >= 0.6 is 11.8 Å². The number of aliphatic imine (C=N–C) groups is 1. The molecule has 0 saturated carbocycles. The van der Waals surface area contributed by atoms with E-state index >= 15 is 0 Å². The second-order valence-corrected chi connectivity index (χ2v) is 2.40. The fraction of sp³-hybridized carbons (Fsp3) is 0.500. The number of nitrogens with zero attached hydrogens (tertiary/aromatic N) is 2. The Labute approximate surface area is 56.9 Å². The monoisotopic (exact) mass is 143 g/mol. The fourth-order valence-electron chi connectivity index (χ4n) is 0.423. The highest BCUT2D eigenvalue weighted by Crippen LogP contribution is 2.05. The highest BCUT2D eigenvalue weighted by atomic mass is 32.2. The Morgan fingerprint density at radius 2 is 2.78 bits per heavy atom. The normalized spacial score (nSPS) is 22.8. The molecule has 1 aliphatic rings. The molecule has 0 radical (unpaired) electrons. The average molecular weight is 143 g/mol. The predicted octanol–water partition coefficient (Wildman–Crippen LogP) is 0.0915. The molecule has 0 spiro atoms. The van der Waals surface area contributed by atoms with Crippen molar-refractivity contribution >= 4 is 16.9 Å². The van der Waals surface area contributed by atoms with Crippen molar-refractivity contribution in [3.05, 3.63) is 0 Å². The highest BCUT2D eigenvalue weighted by Gasteiger charge is 2.04. The second-order valence-electron chi connectivity index (χ2n) is 1.32. The van der Waals surface area contributed by atoms with Gasteiger partial charge in [-0.3, -0.25) is 4.84 Å². The SMILES string of the molecule is N#CN=C1NOCCS1. The van der Waals surface area contributed by atoms with E-state index in [0.717, 1.165) is 5.75 Å². The number of hydrogen-bond acceptors (Lipinski definition) is 4. The minimum atomic E-state index is 0.545. The maximum Gasteiger partial charge on any atom is 0.208 e. The zero-order valence-corrected chi connectivity index (χ0v) is 5.44. The molecule has 0 aromatic heterocycles. The van der Waals surface area contributed by atoms with Gasteiger partial charge in [0.25, 0.3) is 0 Å². The van der Waals surface area contributed by atoms with Crippen molar-refractivity contribution in [1.29, 1.82) is 5.26 Å². The Kier molecular flexibility index (Phi) is 2.36. The van der Waals surface area contributed by atoms with Gasteiger partial charge in [-0.2, -0.15) is 5.26 Å². The third kappa shape index (κ3) is 1.91. The highest BCUT2D eigenvalue weighted by molar-refractivity contribution is 8.13. The molecule has 5 heteroatoms. The summed E-state index contributed by atoms with van der Waals surface area (Å²) in [6.07, 6.45) is 1.66. The molecule has 0 aromatic carbocycles. The maximum atomic E-state index is 8.07. The number of amidine groups is 1. The lowest BCUT2D eigenvalue weighted by Crippen LogP contribution is -2.27. The molecule has 0 bridgehead atoms. The molecular weight excluding hydrogens is 138 g/mol. The van der Waals surface area contributed by atoms with Gasteiger partial charge < -0.3 is 0 Å². The summed E-state index contributed by atoms with van der Waals surface area (Å²) in [5, 5.41) is 8.62. The van der Waals surface area contributed by atoms with Gasteiger partial charge in [0, 0.05) is 5.75 Å². The number of hydrogen-bond donors (Lipinski definition) is 1. The minimum absolute atomic E-state index is 0.545. The summed E-state index contributed by atoms with van der Waals surface area (Å²) >= 11 is 1.48. The lowest BCUT2D eigenvalue weighted by molar-refractivity contribution is 0.0979. The van der Waals surface area contributed by atoms with Gasteiger partial charge in [-0.05, 0) is 0 Å². The molecule has 9 heavy (non-hydrogen) atoms. The van der Waals surface area contributed by atoms with Gasteiger partial charge >= 0.3 is 0 Å². The first-order chi connectivity index (χ1) is 4.43. The molecular formula is C4H5N3OS. The molecule has 0 amide bonds. The first kappa shape index (κ1) is 6.39. The molecule has 1 heterocycles. The summed E-state index contributed by atoms with van der Waals surface area (Å²) < 4.78 is 0. The van der Waals surface area contributed by atoms with E-state index < -0.39 is 0 Å². The van der Waals surface area contributed by atoms with Crippen LogP contribution in [0.1, 0.15) is 0 Å². The predicted molar refractivity (Wildman–Crippen MR) is 34.6 cm³/mol. The molecule has 4 nitrogen and oxygen atoms in total. The Bertz CT molecular complexity index is 154. The van der Waals surface area contributed by atoms with E-state index in [-0.39, 0.29) is 0 Å². The zero-order valence-electron chi connectivity index (χ0n) is 4.63. The zero-order chi connectivity index (χ0) is 6.53. The van der Waals surface area contributed by atoms with Gasteiger partial charge in [-0.25, -0.2) is 5.48 Å². The van der Waals surface area contributed by atoms with Crippen LogP contribution in [-0.4, -0.2) is 17.5 Å². The van der Waals surface area contributed by atoms with Gasteiger partial charge in [-0.1, -0.05) is 11.8 Å². The minimum Gasteiger partial charge on any atom is -0.273 e. The van der Waals surface area contributed by atoms with Crippen molar-refractivity contribution in [1.82, 2.24) is 5.48 Å². The molecule has 0 atom stereocenters. The average Bonchev–Trinajstić information content (AvgIpc) is 1.91. The summed E-state index contributed by atoms with van der Waals surface area (Å²) in [6.45, 7) is 0.662. The van der Waals surface area contributed by atoms with Crippen LogP contribution in [0.25, 0.3) is 0 Å². The van der Waals surface area contributed by atoms with Crippen LogP contribution in [0.2, 0.25) is 0 Å². The van der Waals surface area contributed by atoms with Crippen molar-refractivity contribution in [2.45, 2.75) is 0 Å². The quantitative estimate of drug-likeness (QED) is 0.488. The van der Waals surface area contributed by atoms with Crippen molar-refractivity contribution in [3.8, 4) is 6.19 Å². The van der Waals surface area contributed by atoms with Crippen LogP contribution < -0.4 is 5.48 Å². The molecule has 0 aromatic rings. The molecule has 1 aliphatic heterocycles. The van der Waals surface area contributed by atoms with E-state index in [4.69, 9.17) is 10.1 Å². The number of hydroxylamine groups is 1. The van der Waals surface area contributed by atoms with Crippen LogP contribution in [-0.2, 0) is 4.84 Å². The van der Waals surface area contributed by atoms with Crippen molar-refractivity contribution < 1.29 is 4.84 Å². The van der Waals surface area contributed by atoms with Crippen molar-refractivity contribution in [2.24, 2.45) is 4.99 Å². The van der Waals surface area contributed by atoms with Crippen molar-refractivity contribution in [3.63, 3.8) is 0 Å². The smallest absolute Gasteiger partial charge is 0.208 e. The number of thioether (sulfide) groups is 1. The van der Waals surface area contributed by atoms with Gasteiger partial charge in [0.2, 0.25) is 6.19 Å². The van der Waals surface area contributed by atoms with E-state index in [2.05, 4.69) is 10.5 Å². The second kappa shape index (κ2) is 3.33. The Balaban J connectivity index is 2.42. The summed E-state index contributed by atoms with van der Waals surface area (Å²) in [7, 11) is 0. The summed E-state index contributed by atoms with van der Waals surface area (Å²) in [5.74, 6) is 0.855. The number of nitrogens with one attached hydrogen (secondary N) is 1. The standard InChI is InChI=1S/C4H5N3OS/c5-3-6-4-7-8-1-2-9-4/h1-2H2,(H,6,7). The third-order valence-corrected chi connectivity index (χ3v) is 1.55. The lowest BCUT2D eigenvalue weighted by Gasteiger charge is -2.12. The maximum absolute atomic E-state index is 8.07. The molecule has 1 rings (SSSR count). The van der Waals surface area contributed by atoms with Crippen LogP contribution in [0.4, 0.5) is 0 Å². The molecule has 0 aliphatic carbocycles. The first-order valence-corrected chi connectivity index (χ1v) is 3.39. The topological polar surface area (TPSA) is 57.4 Å². The molecule has 1 N–H and O–H groups in total. The van der Waals surface area contributed by atoms with E-state index in [1.807, 2.05) is 0 Å². The summed E-state index contributed by atoms with van der Waals surface area (Å²) in [4.78, 5) is 8.21. The van der Waals surface area contributed by atoms with Crippen LogP contribution in [0, 0.1) is 11.5 Å². The van der Waals surface area contributed by atoms with Gasteiger partial charge in [0.05, 0.1) is 6.61 Å². The van der Waals surface area contributed by atoms with E-state index in [1.165, 1.54) is 11.8 Å². The Morgan fingerprint density at radius 3 is 3.33 bits per heavy atom. The Hall–Kier alpha value is -0.730. The van der Waals surface area contributed by atoms with Gasteiger partial charge in [-0.15, -0.1) is 4.99 Å². The molecule has 48 valence electrons. The Morgan fingerprint density at radius 1 is 1.89 bits per heavy atom. The van der Waals surface area contributed by atoms with E-state index in [9.17, 15) is 0 Å². The molecule has 1 fully saturated rings. The van der Waals surface area contributed by atoms with Gasteiger partial charge in [0.1, 0.15) is 0 Å². The van der Waals surface area contributed by atoms with Crippen LogP contribution in [0.3, 0.4) is 0 Å². The first-order valence-electron chi connectivity index (χ1n) is 2.41. The van der Waals surface area contributed by atoms with E-state index in [0.29, 0.717) is 11.8 Å². The van der Waals surface area contributed by atoms with E-state index in [1.54, 1.807) is 6.19 Å². The van der Waals surface area contributed by atoms with Crippen LogP contribution in [0.5, 0.6) is 0 Å². The lowest BCUT2D eigenvalue weighted by atomic mass is 10.9. The number of nitriles is 1. The molecule has 1 saturated heterocycles. The summed E-state index contributed by atoms with van der Waals surface area (Å²) in [5.41, 5.74) is 2.51. The third-order valence-electron chi connectivity index (χ3n) is 0.735. The fourth-order valence-corrected chi connectivity index (χ4v) is 1.01. The van der Waals surface area contributed by atoms with Gasteiger partial charge in [0.15, 0.2) is 5.17 Å². The number of rotatable bonds is 0. The van der Waals surface area contributed by atoms with Crippen LogP contribution in [0.15, 0.2) is 4.99 Å².